The summed E-state index contributed by atoms with van der Waals surface area (Å²) in [6, 6.07) is 7.24. The Morgan fingerprint density at radius 1 is 1.33 bits per heavy atom. The zero-order valence-corrected chi connectivity index (χ0v) is 17.0. The zero-order valence-electron chi connectivity index (χ0n) is 14.7. The molecular formula is C18H29FIN3O. The van der Waals surface area contributed by atoms with Crippen molar-refractivity contribution in [2.45, 2.75) is 38.6 Å². The van der Waals surface area contributed by atoms with Crippen LogP contribution >= 0.6 is 24.0 Å². The maximum Gasteiger partial charge on any atom is 0.191 e. The van der Waals surface area contributed by atoms with Gasteiger partial charge in [-0.1, -0.05) is 32.0 Å². The number of hydrogen-bond acceptors (Lipinski definition) is 2. The molecule has 2 N–H and O–H groups in total. The molecule has 2 atom stereocenters. The Hall–Kier alpha value is -0.890. The number of halogens is 2. The summed E-state index contributed by atoms with van der Waals surface area (Å²) in [5.74, 6) is 1.53. The first-order chi connectivity index (χ1) is 11.1. The predicted molar refractivity (Wildman–Crippen MR) is 108 cm³/mol. The molecule has 1 aliphatic rings. The fourth-order valence-corrected chi connectivity index (χ4v) is 2.51. The van der Waals surface area contributed by atoms with Crippen molar-refractivity contribution < 1.29 is 9.13 Å². The average Bonchev–Trinajstić information content (AvgIpc) is 3.28. The van der Waals surface area contributed by atoms with Crippen LogP contribution < -0.4 is 10.6 Å². The average molecular weight is 449 g/mol. The molecule has 0 aromatic heterocycles. The van der Waals surface area contributed by atoms with E-state index in [4.69, 9.17) is 4.74 Å². The summed E-state index contributed by atoms with van der Waals surface area (Å²) in [6.07, 6.45) is 2.02. The Morgan fingerprint density at radius 2 is 2.08 bits per heavy atom. The number of nitrogens with one attached hydrogen (secondary N) is 2. The highest BCUT2D eigenvalue weighted by Crippen LogP contribution is 2.41. The molecule has 1 aromatic carbocycles. The van der Waals surface area contributed by atoms with Gasteiger partial charge in [0.1, 0.15) is 5.82 Å². The van der Waals surface area contributed by atoms with E-state index in [9.17, 15) is 4.39 Å². The molecule has 6 heteroatoms. The van der Waals surface area contributed by atoms with Crippen molar-refractivity contribution in [3.8, 4) is 0 Å². The highest BCUT2D eigenvalue weighted by Gasteiger charge is 2.40. The quantitative estimate of drug-likeness (QED) is 0.276. The van der Waals surface area contributed by atoms with Gasteiger partial charge in [0.2, 0.25) is 0 Å². The minimum atomic E-state index is -0.122. The van der Waals surface area contributed by atoms with Gasteiger partial charge in [-0.25, -0.2) is 4.39 Å². The van der Waals surface area contributed by atoms with Gasteiger partial charge in [-0.15, -0.1) is 24.0 Å². The molecule has 0 spiro atoms. The minimum absolute atomic E-state index is 0. The van der Waals surface area contributed by atoms with Crippen molar-refractivity contribution in [2.75, 3.05) is 26.8 Å². The van der Waals surface area contributed by atoms with Gasteiger partial charge >= 0.3 is 0 Å². The van der Waals surface area contributed by atoms with Gasteiger partial charge in [0, 0.05) is 32.2 Å². The van der Waals surface area contributed by atoms with Crippen LogP contribution in [-0.2, 0) is 4.74 Å². The number of benzene rings is 1. The molecule has 0 radical (unpaired) electrons. The molecule has 1 saturated carbocycles. The summed E-state index contributed by atoms with van der Waals surface area (Å²) < 4.78 is 19.3. The molecule has 136 valence electrons. The van der Waals surface area contributed by atoms with Gasteiger partial charge < -0.3 is 15.4 Å². The van der Waals surface area contributed by atoms with Crippen LogP contribution in [0, 0.1) is 11.7 Å². The molecule has 1 aromatic rings. The molecule has 0 aliphatic heterocycles. The first-order valence-electron chi connectivity index (χ1n) is 8.41. The lowest BCUT2D eigenvalue weighted by Gasteiger charge is -2.12. The van der Waals surface area contributed by atoms with Crippen molar-refractivity contribution in [1.82, 2.24) is 10.6 Å². The minimum Gasteiger partial charge on any atom is -0.380 e. The van der Waals surface area contributed by atoms with Crippen molar-refractivity contribution in [2.24, 2.45) is 10.9 Å². The second-order valence-electron chi connectivity index (χ2n) is 6.41. The Kier molecular flexibility index (Phi) is 9.58. The summed E-state index contributed by atoms with van der Waals surface area (Å²) in [5.41, 5.74) is 0.789. The van der Waals surface area contributed by atoms with E-state index in [0.717, 1.165) is 37.5 Å². The van der Waals surface area contributed by atoms with E-state index in [1.807, 2.05) is 12.1 Å². The maximum atomic E-state index is 13.8. The number of nitrogens with zero attached hydrogens (tertiary/aromatic N) is 1. The van der Waals surface area contributed by atoms with Crippen LogP contribution in [0.5, 0.6) is 0 Å². The smallest absolute Gasteiger partial charge is 0.191 e. The van der Waals surface area contributed by atoms with E-state index in [2.05, 4.69) is 29.5 Å². The third-order valence-corrected chi connectivity index (χ3v) is 4.02. The summed E-state index contributed by atoms with van der Waals surface area (Å²) in [5, 5.41) is 6.58. The van der Waals surface area contributed by atoms with Crippen LogP contribution in [-0.4, -0.2) is 38.8 Å². The van der Waals surface area contributed by atoms with E-state index in [1.165, 1.54) is 6.07 Å². The van der Waals surface area contributed by atoms with Crippen LogP contribution in [0.1, 0.15) is 38.2 Å². The van der Waals surface area contributed by atoms with Gasteiger partial charge in [0.15, 0.2) is 5.96 Å². The molecule has 1 aliphatic carbocycles. The van der Waals surface area contributed by atoms with Crippen LogP contribution in [0.3, 0.4) is 0 Å². The number of guanidine groups is 1. The van der Waals surface area contributed by atoms with Gasteiger partial charge in [-0.05, 0) is 30.4 Å². The monoisotopic (exact) mass is 449 g/mol. The Labute approximate surface area is 161 Å². The molecule has 0 amide bonds. The Bertz CT molecular complexity index is 525. The SMILES string of the molecule is CN=C(NCCOCCC(C)C)NC1CC1c1ccccc1F.I. The fourth-order valence-electron chi connectivity index (χ4n) is 2.51. The number of hydrogen-bond donors (Lipinski definition) is 2. The lowest BCUT2D eigenvalue weighted by atomic mass is 10.1. The number of aliphatic imine (C=N–C) groups is 1. The first-order valence-corrected chi connectivity index (χ1v) is 8.41. The molecule has 0 heterocycles. The highest BCUT2D eigenvalue weighted by atomic mass is 127. The van der Waals surface area contributed by atoms with Gasteiger partial charge in [-0.2, -0.15) is 0 Å². The molecule has 24 heavy (non-hydrogen) atoms. The van der Waals surface area contributed by atoms with Crippen LogP contribution in [0.25, 0.3) is 0 Å². The van der Waals surface area contributed by atoms with E-state index in [1.54, 1.807) is 13.1 Å². The molecule has 0 bridgehead atoms. The normalized spacial score (nSPS) is 19.8. The van der Waals surface area contributed by atoms with Gasteiger partial charge in [0.25, 0.3) is 0 Å². The number of rotatable bonds is 8. The maximum absolute atomic E-state index is 13.8. The Balaban J connectivity index is 0.00000288. The molecule has 2 rings (SSSR count). The van der Waals surface area contributed by atoms with Crippen LogP contribution in [0.2, 0.25) is 0 Å². The van der Waals surface area contributed by atoms with Crippen molar-refractivity contribution in [3.63, 3.8) is 0 Å². The second-order valence-corrected chi connectivity index (χ2v) is 6.41. The molecule has 1 fully saturated rings. The van der Waals surface area contributed by atoms with Crippen LogP contribution in [0.15, 0.2) is 29.3 Å². The summed E-state index contributed by atoms with van der Waals surface area (Å²) >= 11 is 0. The summed E-state index contributed by atoms with van der Waals surface area (Å²) in [4.78, 5) is 4.21. The van der Waals surface area contributed by atoms with Crippen molar-refractivity contribution in [3.05, 3.63) is 35.6 Å². The van der Waals surface area contributed by atoms with Crippen molar-refractivity contribution in [1.29, 1.82) is 0 Å². The van der Waals surface area contributed by atoms with E-state index < -0.39 is 0 Å². The summed E-state index contributed by atoms with van der Waals surface area (Å²) in [7, 11) is 1.75. The molecule has 4 nitrogen and oxygen atoms in total. The highest BCUT2D eigenvalue weighted by molar-refractivity contribution is 14.0. The lowest BCUT2D eigenvalue weighted by molar-refractivity contribution is 0.128. The Morgan fingerprint density at radius 3 is 2.75 bits per heavy atom. The standard InChI is InChI=1S/C18H28FN3O.HI/c1-13(2)8-10-23-11-9-21-18(20-3)22-17-12-15(17)14-6-4-5-7-16(14)19;/h4-7,13,15,17H,8-12H2,1-3H3,(H2,20,21,22);1H. The second kappa shape index (κ2) is 10.9. The van der Waals surface area contributed by atoms with Crippen LogP contribution in [0.4, 0.5) is 4.39 Å². The van der Waals surface area contributed by atoms with E-state index in [-0.39, 0.29) is 41.8 Å². The first kappa shape index (κ1) is 21.2. The third-order valence-electron chi connectivity index (χ3n) is 4.02. The molecular weight excluding hydrogens is 420 g/mol. The third kappa shape index (κ3) is 6.93. The molecule has 2 unspecified atom stereocenters. The topological polar surface area (TPSA) is 45.7 Å². The van der Waals surface area contributed by atoms with E-state index in [0.29, 0.717) is 12.5 Å². The lowest BCUT2D eigenvalue weighted by Crippen LogP contribution is -2.40. The zero-order chi connectivity index (χ0) is 16.7. The number of ether oxygens (including phenoxy) is 1. The predicted octanol–water partition coefficient (Wildman–Crippen LogP) is 3.53. The molecule has 0 saturated heterocycles. The fraction of sp³-hybridized carbons (Fsp3) is 0.611. The van der Waals surface area contributed by atoms with Crippen molar-refractivity contribution >= 4 is 29.9 Å². The summed E-state index contributed by atoms with van der Waals surface area (Å²) in [6.45, 7) is 6.55. The van der Waals surface area contributed by atoms with Gasteiger partial charge in [-0.3, -0.25) is 4.99 Å². The largest absolute Gasteiger partial charge is 0.380 e. The van der Waals surface area contributed by atoms with E-state index >= 15 is 0 Å². The van der Waals surface area contributed by atoms with Gasteiger partial charge in [0.05, 0.1) is 6.61 Å².